The number of anilines is 1. The molecule has 0 aliphatic heterocycles. The molecule has 0 saturated carbocycles. The Morgan fingerprint density at radius 1 is 1.12 bits per heavy atom. The van der Waals surface area contributed by atoms with Crippen LogP contribution in [-0.4, -0.2) is 24.5 Å². The van der Waals surface area contributed by atoms with Gasteiger partial charge in [-0.15, -0.1) is 6.58 Å². The maximum absolute atomic E-state index is 12.6. The summed E-state index contributed by atoms with van der Waals surface area (Å²) in [7, 11) is 0. The largest absolute Gasteiger partial charge is 0.481 e. The highest BCUT2D eigenvalue weighted by Crippen LogP contribution is 2.18. The van der Waals surface area contributed by atoms with Crippen molar-refractivity contribution in [3.63, 3.8) is 0 Å². The van der Waals surface area contributed by atoms with Gasteiger partial charge in [0.1, 0.15) is 5.75 Å². The van der Waals surface area contributed by atoms with E-state index in [4.69, 9.17) is 4.74 Å². The topological polar surface area (TPSA) is 67.4 Å². The lowest BCUT2D eigenvalue weighted by molar-refractivity contribution is -0.122. The molecule has 0 aliphatic carbocycles. The van der Waals surface area contributed by atoms with E-state index in [2.05, 4.69) is 17.2 Å². The van der Waals surface area contributed by atoms with Gasteiger partial charge >= 0.3 is 0 Å². The average molecular weight is 338 g/mol. The molecule has 2 rings (SSSR count). The molecule has 0 bridgehead atoms. The highest BCUT2D eigenvalue weighted by Gasteiger charge is 2.20. The van der Waals surface area contributed by atoms with Crippen molar-refractivity contribution in [2.24, 2.45) is 0 Å². The fraction of sp³-hybridized carbons (Fsp3) is 0.200. The third kappa shape index (κ3) is 5.21. The molecule has 0 saturated heterocycles. The van der Waals surface area contributed by atoms with Crippen molar-refractivity contribution in [3.8, 4) is 5.75 Å². The van der Waals surface area contributed by atoms with Crippen LogP contribution in [-0.2, 0) is 4.79 Å². The molecule has 1 atom stereocenters. The first-order valence-corrected chi connectivity index (χ1v) is 8.16. The van der Waals surface area contributed by atoms with Gasteiger partial charge in [0.05, 0.1) is 11.3 Å². The monoisotopic (exact) mass is 338 g/mol. The van der Waals surface area contributed by atoms with Crippen molar-refractivity contribution in [2.75, 3.05) is 11.9 Å². The SMILES string of the molecule is C=CCNC(=O)c1ccccc1NC(=O)[C@@H](CC)Oc1ccccc1. The summed E-state index contributed by atoms with van der Waals surface area (Å²) in [5.74, 6) is 0.0599. The molecule has 25 heavy (non-hydrogen) atoms. The molecule has 0 radical (unpaired) electrons. The Bertz CT molecular complexity index is 729. The Hall–Kier alpha value is -3.08. The Morgan fingerprint density at radius 3 is 2.48 bits per heavy atom. The minimum absolute atomic E-state index is 0.271. The molecule has 130 valence electrons. The lowest BCUT2D eigenvalue weighted by Gasteiger charge is -2.18. The third-order valence-electron chi connectivity index (χ3n) is 3.52. The molecule has 2 aromatic rings. The van der Waals surface area contributed by atoms with Crippen LogP contribution in [0.25, 0.3) is 0 Å². The number of carbonyl (C=O) groups excluding carboxylic acids is 2. The molecule has 2 N–H and O–H groups in total. The van der Waals surface area contributed by atoms with Gasteiger partial charge in [-0.1, -0.05) is 43.3 Å². The minimum Gasteiger partial charge on any atom is -0.481 e. The fourth-order valence-electron chi connectivity index (χ4n) is 2.25. The third-order valence-corrected chi connectivity index (χ3v) is 3.52. The van der Waals surface area contributed by atoms with E-state index in [-0.39, 0.29) is 11.8 Å². The predicted octanol–water partition coefficient (Wildman–Crippen LogP) is 3.40. The molecule has 0 unspecified atom stereocenters. The maximum atomic E-state index is 12.6. The van der Waals surface area contributed by atoms with Crippen molar-refractivity contribution in [1.29, 1.82) is 0 Å². The molecule has 2 amide bonds. The van der Waals surface area contributed by atoms with Crippen molar-refractivity contribution < 1.29 is 14.3 Å². The Balaban J connectivity index is 2.10. The normalized spacial score (nSPS) is 11.2. The lowest BCUT2D eigenvalue weighted by Crippen LogP contribution is -2.33. The van der Waals surface area contributed by atoms with E-state index in [1.165, 1.54) is 0 Å². The van der Waals surface area contributed by atoms with Crippen LogP contribution in [0.4, 0.5) is 5.69 Å². The quantitative estimate of drug-likeness (QED) is 0.725. The molecule has 0 spiro atoms. The van der Waals surface area contributed by atoms with Crippen LogP contribution in [0.1, 0.15) is 23.7 Å². The first-order chi connectivity index (χ1) is 12.2. The predicted molar refractivity (Wildman–Crippen MR) is 98.8 cm³/mol. The van der Waals surface area contributed by atoms with Crippen LogP contribution in [0, 0.1) is 0 Å². The zero-order valence-corrected chi connectivity index (χ0v) is 14.2. The highest BCUT2D eigenvalue weighted by molar-refractivity contribution is 6.04. The van der Waals surface area contributed by atoms with Crippen LogP contribution >= 0.6 is 0 Å². The number of carbonyl (C=O) groups is 2. The lowest BCUT2D eigenvalue weighted by atomic mass is 10.1. The van der Waals surface area contributed by atoms with Gasteiger partial charge in [0.25, 0.3) is 11.8 Å². The van der Waals surface area contributed by atoms with Crippen LogP contribution in [0.3, 0.4) is 0 Å². The molecular formula is C20H22N2O3. The van der Waals surface area contributed by atoms with Gasteiger partial charge in [0, 0.05) is 6.54 Å². The average Bonchev–Trinajstić information content (AvgIpc) is 2.65. The number of benzene rings is 2. The van der Waals surface area contributed by atoms with E-state index < -0.39 is 6.10 Å². The van der Waals surface area contributed by atoms with E-state index in [0.29, 0.717) is 30.0 Å². The van der Waals surface area contributed by atoms with Crippen molar-refractivity contribution in [1.82, 2.24) is 5.32 Å². The van der Waals surface area contributed by atoms with Crippen molar-refractivity contribution in [3.05, 3.63) is 72.8 Å². The van der Waals surface area contributed by atoms with Crippen molar-refractivity contribution in [2.45, 2.75) is 19.4 Å². The Morgan fingerprint density at radius 2 is 1.80 bits per heavy atom. The Kier molecular flexibility index (Phi) is 6.77. The Labute approximate surface area is 147 Å². The zero-order valence-electron chi connectivity index (χ0n) is 14.2. The molecule has 0 aliphatic rings. The van der Waals surface area contributed by atoms with Gasteiger partial charge < -0.3 is 15.4 Å². The van der Waals surface area contributed by atoms with Gasteiger partial charge in [-0.25, -0.2) is 0 Å². The summed E-state index contributed by atoms with van der Waals surface area (Å²) in [5, 5.41) is 5.49. The van der Waals surface area contributed by atoms with Gasteiger partial charge in [-0.3, -0.25) is 9.59 Å². The van der Waals surface area contributed by atoms with E-state index in [1.54, 1.807) is 42.5 Å². The fourth-order valence-corrected chi connectivity index (χ4v) is 2.25. The maximum Gasteiger partial charge on any atom is 0.265 e. The number of rotatable bonds is 8. The van der Waals surface area contributed by atoms with E-state index in [0.717, 1.165) is 0 Å². The second kappa shape index (κ2) is 9.27. The van der Waals surface area contributed by atoms with E-state index >= 15 is 0 Å². The number of amides is 2. The van der Waals surface area contributed by atoms with Gasteiger partial charge in [-0.2, -0.15) is 0 Å². The summed E-state index contributed by atoms with van der Waals surface area (Å²) in [6.45, 7) is 5.80. The summed E-state index contributed by atoms with van der Waals surface area (Å²) in [6, 6.07) is 16.0. The first-order valence-electron chi connectivity index (χ1n) is 8.16. The smallest absolute Gasteiger partial charge is 0.265 e. The molecule has 0 fully saturated rings. The van der Waals surface area contributed by atoms with Gasteiger partial charge in [0.15, 0.2) is 6.10 Å². The van der Waals surface area contributed by atoms with Crippen LogP contribution in [0.5, 0.6) is 5.75 Å². The number of ether oxygens (including phenoxy) is 1. The number of hydrogen-bond acceptors (Lipinski definition) is 3. The minimum atomic E-state index is -0.647. The summed E-state index contributed by atoms with van der Waals surface area (Å²) >= 11 is 0. The standard InChI is InChI=1S/C20H22N2O3/c1-3-14-21-19(23)16-12-8-9-13-17(16)22-20(24)18(4-2)25-15-10-6-5-7-11-15/h3,5-13,18H,1,4,14H2,2H3,(H,21,23)(H,22,24)/t18-/m1/s1. The molecule has 0 aromatic heterocycles. The number of nitrogens with one attached hydrogen (secondary N) is 2. The van der Waals surface area contributed by atoms with Gasteiger partial charge in [-0.05, 0) is 30.7 Å². The van der Waals surface area contributed by atoms with Crippen LogP contribution in [0.15, 0.2) is 67.3 Å². The van der Waals surface area contributed by atoms with Crippen LogP contribution in [0.2, 0.25) is 0 Å². The summed E-state index contributed by atoms with van der Waals surface area (Å²) in [4.78, 5) is 24.7. The van der Waals surface area contributed by atoms with E-state index in [9.17, 15) is 9.59 Å². The number of hydrogen-bond donors (Lipinski definition) is 2. The second-order valence-corrected chi connectivity index (χ2v) is 5.36. The zero-order chi connectivity index (χ0) is 18.1. The number of para-hydroxylation sites is 2. The van der Waals surface area contributed by atoms with Crippen LogP contribution < -0.4 is 15.4 Å². The molecule has 5 heteroatoms. The van der Waals surface area contributed by atoms with Crippen molar-refractivity contribution >= 4 is 17.5 Å². The molecule has 5 nitrogen and oxygen atoms in total. The molecular weight excluding hydrogens is 316 g/mol. The summed E-state index contributed by atoms with van der Waals surface area (Å²) in [6.07, 6.45) is 1.46. The summed E-state index contributed by atoms with van der Waals surface area (Å²) < 4.78 is 5.74. The van der Waals surface area contributed by atoms with Gasteiger partial charge in [0.2, 0.25) is 0 Å². The molecule has 0 heterocycles. The molecule has 2 aromatic carbocycles. The first kappa shape index (κ1) is 18.3. The highest BCUT2D eigenvalue weighted by atomic mass is 16.5. The second-order valence-electron chi connectivity index (χ2n) is 5.36. The van der Waals surface area contributed by atoms with E-state index in [1.807, 2.05) is 25.1 Å². The summed E-state index contributed by atoms with van der Waals surface area (Å²) in [5.41, 5.74) is 0.844.